The fourth-order valence-electron chi connectivity index (χ4n) is 3.73. The normalized spacial score (nSPS) is 21.9. The van der Waals surface area contributed by atoms with E-state index in [0.717, 1.165) is 18.4 Å². The Balaban J connectivity index is 1.38. The Kier molecular flexibility index (Phi) is 4.84. The maximum atomic E-state index is 12.5. The van der Waals surface area contributed by atoms with E-state index in [2.05, 4.69) is 15.0 Å². The van der Waals surface area contributed by atoms with E-state index in [1.54, 1.807) is 30.6 Å². The largest absolute Gasteiger partial charge is 0.368 e. The predicted molar refractivity (Wildman–Crippen MR) is 101 cm³/mol. The average Bonchev–Trinajstić information content (AvgIpc) is 2.68. The van der Waals surface area contributed by atoms with Crippen LogP contribution in [0.5, 0.6) is 0 Å². The standard InChI is InChI=1S/C19H22N4O3S/c24-18(12-14-4-3-9-20-13-14)23-10-7-15(8-11-23)19-21-16-5-1-2-6-17(16)27(25,26)22-19/h1-6,9,13,15,19,21-22H,7-8,10-12H2. The van der Waals surface area contributed by atoms with Crippen LogP contribution in [0.4, 0.5) is 5.69 Å². The number of piperidine rings is 1. The quantitative estimate of drug-likeness (QED) is 0.836. The Bertz CT molecular complexity index is 925. The molecule has 0 radical (unpaired) electrons. The second-order valence-corrected chi connectivity index (χ2v) is 8.68. The molecule has 3 heterocycles. The number of sulfonamides is 1. The van der Waals surface area contributed by atoms with Gasteiger partial charge in [-0.1, -0.05) is 18.2 Å². The zero-order valence-electron chi connectivity index (χ0n) is 14.8. The van der Waals surface area contributed by atoms with Crippen molar-refractivity contribution >= 4 is 21.6 Å². The highest BCUT2D eigenvalue weighted by molar-refractivity contribution is 7.89. The van der Waals surface area contributed by atoms with Crippen molar-refractivity contribution in [3.63, 3.8) is 0 Å². The Morgan fingerprint density at radius 3 is 2.67 bits per heavy atom. The van der Waals surface area contributed by atoms with E-state index in [9.17, 15) is 13.2 Å². The van der Waals surface area contributed by atoms with Crippen molar-refractivity contribution in [2.45, 2.75) is 30.3 Å². The van der Waals surface area contributed by atoms with Crippen LogP contribution in [-0.2, 0) is 21.2 Å². The summed E-state index contributed by atoms with van der Waals surface area (Å²) in [5, 5.41) is 3.30. The van der Waals surface area contributed by atoms with Gasteiger partial charge in [0.15, 0.2) is 0 Å². The lowest BCUT2D eigenvalue weighted by molar-refractivity contribution is -0.131. The molecule has 7 nitrogen and oxygen atoms in total. The predicted octanol–water partition coefficient (Wildman–Crippen LogP) is 1.59. The molecular formula is C19H22N4O3S. The maximum Gasteiger partial charge on any atom is 0.244 e. The number of fused-ring (bicyclic) bond motifs is 1. The van der Waals surface area contributed by atoms with Crippen LogP contribution in [0.3, 0.4) is 0 Å². The van der Waals surface area contributed by atoms with Crippen LogP contribution in [-0.4, -0.2) is 43.5 Å². The summed E-state index contributed by atoms with van der Waals surface area (Å²) in [4.78, 5) is 18.7. The molecule has 8 heteroatoms. The van der Waals surface area contributed by atoms with E-state index >= 15 is 0 Å². The summed E-state index contributed by atoms with van der Waals surface area (Å²) in [6, 6.07) is 10.6. The Hall–Kier alpha value is -2.45. The molecule has 0 saturated carbocycles. The van der Waals surface area contributed by atoms with Gasteiger partial charge in [-0.2, -0.15) is 4.72 Å². The van der Waals surface area contributed by atoms with Gasteiger partial charge in [0.25, 0.3) is 0 Å². The maximum absolute atomic E-state index is 12.5. The first-order chi connectivity index (χ1) is 13.0. The number of likely N-dealkylation sites (tertiary alicyclic amines) is 1. The van der Waals surface area contributed by atoms with Crippen molar-refractivity contribution in [2.75, 3.05) is 18.4 Å². The molecule has 4 rings (SSSR count). The molecule has 1 unspecified atom stereocenters. The number of carbonyl (C=O) groups excluding carboxylic acids is 1. The summed E-state index contributed by atoms with van der Waals surface area (Å²) >= 11 is 0. The van der Waals surface area contributed by atoms with Gasteiger partial charge in [0.2, 0.25) is 15.9 Å². The van der Waals surface area contributed by atoms with Crippen LogP contribution in [0.2, 0.25) is 0 Å². The summed E-state index contributed by atoms with van der Waals surface area (Å²) in [6.07, 6.45) is 4.90. The van der Waals surface area contributed by atoms with Gasteiger partial charge in [0.05, 0.1) is 18.3 Å². The van der Waals surface area contributed by atoms with E-state index in [4.69, 9.17) is 0 Å². The molecule has 2 N–H and O–H groups in total. The van der Waals surface area contributed by atoms with Gasteiger partial charge < -0.3 is 10.2 Å². The van der Waals surface area contributed by atoms with Gasteiger partial charge in [-0.3, -0.25) is 9.78 Å². The average molecular weight is 386 g/mol. The first kappa shape index (κ1) is 17.9. The van der Waals surface area contributed by atoms with Crippen molar-refractivity contribution < 1.29 is 13.2 Å². The smallest absolute Gasteiger partial charge is 0.244 e. The Morgan fingerprint density at radius 2 is 1.93 bits per heavy atom. The minimum atomic E-state index is -3.51. The summed E-state index contributed by atoms with van der Waals surface area (Å²) in [6.45, 7) is 1.26. The van der Waals surface area contributed by atoms with E-state index < -0.39 is 10.0 Å². The highest BCUT2D eigenvalue weighted by atomic mass is 32.2. The number of hydrogen-bond acceptors (Lipinski definition) is 5. The highest BCUT2D eigenvalue weighted by Gasteiger charge is 2.35. The van der Waals surface area contributed by atoms with E-state index in [1.807, 2.05) is 23.1 Å². The second kappa shape index (κ2) is 7.28. The summed E-state index contributed by atoms with van der Waals surface area (Å²) in [5.74, 6) is 0.222. The van der Waals surface area contributed by atoms with Crippen molar-refractivity contribution in [2.24, 2.45) is 5.92 Å². The number of rotatable bonds is 3. The third kappa shape index (κ3) is 3.81. The summed E-state index contributed by atoms with van der Waals surface area (Å²) < 4.78 is 27.7. The monoisotopic (exact) mass is 386 g/mol. The zero-order valence-corrected chi connectivity index (χ0v) is 15.7. The number of hydrogen-bond donors (Lipinski definition) is 2. The number of para-hydroxylation sites is 1. The zero-order chi connectivity index (χ0) is 18.9. The Labute approximate surface area is 158 Å². The lowest BCUT2D eigenvalue weighted by Gasteiger charge is -2.39. The van der Waals surface area contributed by atoms with Crippen LogP contribution in [0, 0.1) is 5.92 Å². The molecule has 1 saturated heterocycles. The van der Waals surface area contributed by atoms with E-state index in [0.29, 0.717) is 25.2 Å². The van der Waals surface area contributed by atoms with Gasteiger partial charge >= 0.3 is 0 Å². The molecule has 2 aliphatic rings. The van der Waals surface area contributed by atoms with Gasteiger partial charge in [-0.25, -0.2) is 8.42 Å². The van der Waals surface area contributed by atoms with Crippen molar-refractivity contribution in [3.8, 4) is 0 Å². The first-order valence-electron chi connectivity index (χ1n) is 9.07. The van der Waals surface area contributed by atoms with Crippen LogP contribution in [0.15, 0.2) is 53.7 Å². The van der Waals surface area contributed by atoms with Crippen molar-refractivity contribution in [3.05, 3.63) is 54.4 Å². The lowest BCUT2D eigenvalue weighted by atomic mass is 9.93. The molecule has 0 spiro atoms. The van der Waals surface area contributed by atoms with Gasteiger partial charge in [-0.05, 0) is 42.5 Å². The molecule has 1 amide bonds. The number of nitrogens with one attached hydrogen (secondary N) is 2. The minimum Gasteiger partial charge on any atom is -0.368 e. The number of aromatic nitrogens is 1. The van der Waals surface area contributed by atoms with Crippen molar-refractivity contribution in [1.82, 2.24) is 14.6 Å². The Morgan fingerprint density at radius 1 is 1.15 bits per heavy atom. The molecular weight excluding hydrogens is 364 g/mol. The molecule has 142 valence electrons. The van der Waals surface area contributed by atoms with Crippen LogP contribution in [0.25, 0.3) is 0 Å². The molecule has 2 aromatic rings. The molecule has 2 aliphatic heterocycles. The highest BCUT2D eigenvalue weighted by Crippen LogP contribution is 2.30. The van der Waals surface area contributed by atoms with Crippen molar-refractivity contribution in [1.29, 1.82) is 0 Å². The molecule has 1 aromatic heterocycles. The van der Waals surface area contributed by atoms with Gasteiger partial charge in [0.1, 0.15) is 4.90 Å². The molecule has 1 aromatic carbocycles. The van der Waals surface area contributed by atoms with E-state index in [-0.39, 0.29) is 22.9 Å². The summed E-state index contributed by atoms with van der Waals surface area (Å²) in [5.41, 5.74) is 1.54. The van der Waals surface area contributed by atoms with Crippen LogP contribution in [0.1, 0.15) is 18.4 Å². The first-order valence-corrected chi connectivity index (χ1v) is 10.6. The molecule has 1 atom stereocenters. The number of pyridine rings is 1. The molecule has 1 fully saturated rings. The lowest BCUT2D eigenvalue weighted by Crippen LogP contribution is -2.52. The third-order valence-electron chi connectivity index (χ3n) is 5.21. The number of anilines is 1. The number of nitrogens with zero attached hydrogens (tertiary/aromatic N) is 2. The third-order valence-corrected chi connectivity index (χ3v) is 6.71. The molecule has 27 heavy (non-hydrogen) atoms. The molecule has 0 bridgehead atoms. The summed E-state index contributed by atoms with van der Waals surface area (Å²) in [7, 11) is -3.51. The molecule has 0 aliphatic carbocycles. The second-order valence-electron chi connectivity index (χ2n) is 7.00. The van der Waals surface area contributed by atoms with Gasteiger partial charge in [0, 0.05) is 25.5 Å². The SMILES string of the molecule is O=C(Cc1cccnc1)N1CCC(C2Nc3ccccc3S(=O)(=O)N2)CC1. The number of amides is 1. The number of benzene rings is 1. The van der Waals surface area contributed by atoms with Crippen LogP contribution >= 0.6 is 0 Å². The topological polar surface area (TPSA) is 91.4 Å². The van der Waals surface area contributed by atoms with Gasteiger partial charge in [-0.15, -0.1) is 0 Å². The number of carbonyl (C=O) groups is 1. The fraction of sp³-hybridized carbons (Fsp3) is 0.368. The fourth-order valence-corrected chi connectivity index (χ4v) is 5.12. The van der Waals surface area contributed by atoms with Crippen LogP contribution < -0.4 is 10.0 Å². The minimum absolute atomic E-state index is 0.0870. The van der Waals surface area contributed by atoms with E-state index in [1.165, 1.54) is 0 Å².